The number of ether oxygens (including phenoxy) is 6. The summed E-state index contributed by atoms with van der Waals surface area (Å²) in [6, 6.07) is 3.34. The standard InChI is InChI=1S/C80H94Cl3N9O24/c1-32(2)21-47(85-6)72(103)91-63-65(98)39-14-19-51(46(82)23-39)112-53-24-40-25-54(69(53)116-79-70(68(101)67(100)55(31-93)114-79)115-57-29-80(5,71(102)34(4)111-57)86-30-35-7-9-36(10-8-35)37-11-15-41(81)16-12-37)113-52-20-17-43(33(3)59(52)83)66(99)64-77(108)90-62(78(109)110)45-26-42(94)27-50(96)58(45)44-22-38(13-18-49(44)95)60(74(105)92-64)89-75(106)61(40)88-73(104)48(28-56(84)97)87-76(63)107/h7-13,15-18,20,23-26,32-34,42,44,47-48,55,57,59-68,70-71,79,85-86,93-96,98-102H,14,19,21-22,27-31H2,1-6H3,(H2,84,97)(H,87,107)(H,88,104)(H,89,106)(H,90,108)(H,91,103)(H,92,105)(H,109,110)/t33?,34?,42?,44?,47-,48+,55?,57+,59?,60?,61-,62+,63-,64+,65-,66-,67?,68+,70?,71-,79-,80?/m1/s1. The van der Waals surface area contributed by atoms with Crippen LogP contribution in [-0.4, -0.2) is 227 Å². The Bertz CT molecular complexity index is 4610. The van der Waals surface area contributed by atoms with Gasteiger partial charge in [-0.3, -0.25) is 33.6 Å². The fourth-order valence-electron chi connectivity index (χ4n) is 15.8. The molecule has 7 heterocycles. The van der Waals surface area contributed by atoms with Crippen LogP contribution in [0.5, 0.6) is 17.2 Å². The lowest BCUT2D eigenvalue weighted by Crippen LogP contribution is -2.65. The number of hydrogen-bond acceptors (Lipinski definition) is 25. The molecule has 4 aliphatic carbocycles. The predicted octanol–water partition coefficient (Wildman–Crippen LogP) is 2.08. The van der Waals surface area contributed by atoms with E-state index in [1.54, 1.807) is 26.0 Å². The lowest BCUT2D eigenvalue weighted by molar-refractivity contribution is -0.334. The van der Waals surface area contributed by atoms with Crippen molar-refractivity contribution in [1.29, 1.82) is 0 Å². The summed E-state index contributed by atoms with van der Waals surface area (Å²) >= 11 is 20.8. The molecule has 36 heteroatoms. The number of carboxylic acids is 1. The van der Waals surface area contributed by atoms with Gasteiger partial charge in [-0.05, 0) is 139 Å². The number of amides is 7. The maximum absolute atomic E-state index is 16.3. The number of nitrogens with one attached hydrogen (secondary N) is 8. The molecular weight excluding hydrogens is 1580 g/mol. The third kappa shape index (κ3) is 18.5. The van der Waals surface area contributed by atoms with Gasteiger partial charge < -0.3 is 128 Å². The molecule has 3 aromatic carbocycles. The van der Waals surface area contributed by atoms with Crippen LogP contribution in [0.3, 0.4) is 0 Å². The molecule has 22 atom stereocenters. The number of aliphatic hydroxyl groups is 9. The SMILES string of the molecule is CN[C@H](CC(C)C)C(=O)N[C@H]1C(=O)N[C@@H](CC(N)=O)C(=O)N[C@H]2C(=O)NC3C(=O)N[C@H](C(=O)N[C@H](C(=O)O)C4=CC(O)CC(O)=C4C4CC3=CC=C4O)[C@H](O)C3=CC=C(Oc4cc2cc(c4O[C@H]2OC(CO)C(O)[C@H](O)C2O[C@H]2CC(C)(NCc4ccc(-c5ccc(Cl)cc5)cc4)[C@H](O)C(C)O2)OC2=C(Cl)C=C(CC2)[C@H]1O)C(Cl)C3C. The molecule has 33 nitrogen and oxygen atoms in total. The van der Waals surface area contributed by atoms with E-state index in [1.807, 2.05) is 50.2 Å². The average molecular weight is 1670 g/mol. The number of fused-ring (bicyclic) bond motifs is 15. The molecule has 0 radical (unpaired) electrons. The number of aliphatic hydroxyl groups excluding tert-OH is 9. The highest BCUT2D eigenvalue weighted by molar-refractivity contribution is 6.31. The minimum atomic E-state index is -2.31. The number of benzene rings is 3. The lowest BCUT2D eigenvalue weighted by Gasteiger charge is -2.48. The van der Waals surface area contributed by atoms with Gasteiger partial charge >= 0.3 is 5.97 Å². The third-order valence-corrected chi connectivity index (χ3v) is 23.4. The lowest BCUT2D eigenvalue weighted by atomic mass is 9.75. The van der Waals surface area contributed by atoms with E-state index in [9.17, 15) is 65.4 Å². The minimum Gasteiger partial charge on any atom is -0.512 e. The van der Waals surface area contributed by atoms with Crippen molar-refractivity contribution in [2.24, 2.45) is 23.5 Å². The fourth-order valence-corrected chi connectivity index (χ4v) is 16.5. The maximum Gasteiger partial charge on any atom is 0.330 e. The Morgan fingerprint density at radius 1 is 0.767 bits per heavy atom. The zero-order chi connectivity index (χ0) is 83.8. The number of nitrogens with two attached hydrogens (primary N) is 1. The van der Waals surface area contributed by atoms with Gasteiger partial charge in [-0.2, -0.15) is 0 Å². The monoisotopic (exact) mass is 1670 g/mol. The number of carbonyl (C=O) groups is 8. The average Bonchev–Trinajstić information content (AvgIpc) is 0.764. The smallest absolute Gasteiger partial charge is 0.330 e. The number of rotatable bonds is 17. The first kappa shape index (κ1) is 86.1. The second-order valence-corrected chi connectivity index (χ2v) is 32.2. The molecule has 7 aliphatic heterocycles. The van der Waals surface area contributed by atoms with E-state index >= 15 is 24.0 Å². The van der Waals surface area contributed by atoms with Crippen LogP contribution in [0.4, 0.5) is 0 Å². The van der Waals surface area contributed by atoms with E-state index in [0.717, 1.165) is 41.0 Å². The molecule has 116 heavy (non-hydrogen) atoms. The van der Waals surface area contributed by atoms with Crippen molar-refractivity contribution in [3.8, 4) is 28.4 Å². The van der Waals surface area contributed by atoms with E-state index in [-0.39, 0.29) is 77.0 Å². The Kier molecular flexibility index (Phi) is 26.6. The third-order valence-electron chi connectivity index (χ3n) is 22.2. The van der Waals surface area contributed by atoms with Gasteiger partial charge in [0.05, 0.1) is 53.5 Å². The summed E-state index contributed by atoms with van der Waals surface area (Å²) in [5.74, 6) is -16.5. The summed E-state index contributed by atoms with van der Waals surface area (Å²) in [5, 5.41) is 138. The number of carbonyl (C=O) groups excluding carboxylic acids is 7. The summed E-state index contributed by atoms with van der Waals surface area (Å²) in [5.41, 5.74) is 5.90. The van der Waals surface area contributed by atoms with Gasteiger partial charge in [0.1, 0.15) is 78.0 Å². The molecule has 14 rings (SSSR count). The quantitative estimate of drug-likeness (QED) is 0.0860. The van der Waals surface area contributed by atoms with Gasteiger partial charge in [0, 0.05) is 53.8 Å². The van der Waals surface area contributed by atoms with Gasteiger partial charge in [0.25, 0.3) is 0 Å². The van der Waals surface area contributed by atoms with E-state index in [0.29, 0.717) is 5.02 Å². The first-order valence-corrected chi connectivity index (χ1v) is 39.1. The van der Waals surface area contributed by atoms with E-state index < -0.39 is 246 Å². The zero-order valence-corrected chi connectivity index (χ0v) is 66.0. The van der Waals surface area contributed by atoms with Crippen molar-refractivity contribution in [1.82, 2.24) is 42.5 Å². The number of alkyl halides is 1. The number of primary amides is 1. The van der Waals surface area contributed by atoms with Crippen LogP contribution in [0.15, 0.2) is 153 Å². The number of likely N-dealkylation sites (N-methyl/N-ethyl adjacent to an activating group) is 1. The van der Waals surface area contributed by atoms with Gasteiger partial charge in [-0.1, -0.05) is 92.5 Å². The normalized spacial score (nSPS) is 32.8. The second kappa shape index (κ2) is 35.9. The minimum absolute atomic E-state index is 0.0271. The van der Waals surface area contributed by atoms with Crippen molar-refractivity contribution < 1.29 is 118 Å². The van der Waals surface area contributed by atoms with Crippen LogP contribution in [0.25, 0.3) is 11.1 Å². The molecule has 624 valence electrons. The maximum atomic E-state index is 16.3. The molecule has 3 saturated heterocycles. The molecule has 20 N–H and O–H groups in total. The summed E-state index contributed by atoms with van der Waals surface area (Å²) in [7, 11) is 1.49. The molecule has 10 unspecified atom stereocenters. The fraction of sp³-hybridized carbons (Fsp3) is 0.475. The molecule has 11 aliphatic rings. The Morgan fingerprint density at radius 3 is 2.09 bits per heavy atom. The highest BCUT2D eigenvalue weighted by Gasteiger charge is 2.53. The van der Waals surface area contributed by atoms with Crippen LogP contribution in [-0.2, 0) is 59.1 Å². The molecule has 7 amide bonds. The highest BCUT2D eigenvalue weighted by Crippen LogP contribution is 2.49. The Hall–Kier alpha value is -9.27. The van der Waals surface area contributed by atoms with Crippen molar-refractivity contribution in [3.63, 3.8) is 0 Å². The van der Waals surface area contributed by atoms with Crippen LogP contribution in [0, 0.1) is 17.8 Å². The molecule has 0 spiro atoms. The van der Waals surface area contributed by atoms with Crippen LogP contribution >= 0.6 is 34.8 Å². The molecular formula is C80H94Cl3N9O24. The topological polar surface area (TPSA) is 517 Å². The molecule has 0 aromatic heterocycles. The highest BCUT2D eigenvalue weighted by atomic mass is 35.5. The Labute approximate surface area is 680 Å². The van der Waals surface area contributed by atoms with Gasteiger partial charge in [0.15, 0.2) is 29.9 Å². The number of hydrogen-bond donors (Lipinski definition) is 19. The van der Waals surface area contributed by atoms with Crippen LogP contribution in [0.2, 0.25) is 5.02 Å². The largest absolute Gasteiger partial charge is 0.512 e. The Balaban J connectivity index is 1.03. The number of aliphatic carboxylic acids is 1. The molecule has 3 aromatic rings. The van der Waals surface area contributed by atoms with Crippen molar-refractivity contribution in [3.05, 3.63) is 169 Å². The van der Waals surface area contributed by atoms with Crippen molar-refractivity contribution in [2.75, 3.05) is 13.7 Å². The molecule has 0 saturated carbocycles. The van der Waals surface area contributed by atoms with Gasteiger partial charge in [-0.15, -0.1) is 11.6 Å². The van der Waals surface area contributed by atoms with Crippen LogP contribution < -0.4 is 62.5 Å². The summed E-state index contributed by atoms with van der Waals surface area (Å²) in [6.45, 7) is 7.73. The first-order valence-electron chi connectivity index (χ1n) is 37.9. The van der Waals surface area contributed by atoms with Gasteiger partial charge in [0.2, 0.25) is 53.4 Å². The van der Waals surface area contributed by atoms with Gasteiger partial charge in [-0.25, -0.2) is 4.79 Å². The van der Waals surface area contributed by atoms with E-state index in [2.05, 4.69) is 42.5 Å². The van der Waals surface area contributed by atoms with E-state index in [1.165, 1.54) is 38.3 Å². The predicted molar refractivity (Wildman–Crippen MR) is 415 cm³/mol. The summed E-state index contributed by atoms with van der Waals surface area (Å²) in [4.78, 5) is 119. The van der Waals surface area contributed by atoms with Crippen molar-refractivity contribution in [2.45, 2.75) is 207 Å². The van der Waals surface area contributed by atoms with Crippen LogP contribution in [0.1, 0.15) is 96.7 Å². The van der Waals surface area contributed by atoms with Crippen molar-refractivity contribution >= 4 is 82.1 Å². The molecule has 3 fully saturated rings. The first-order chi connectivity index (χ1) is 55.0. The zero-order valence-electron chi connectivity index (χ0n) is 63.7. The summed E-state index contributed by atoms with van der Waals surface area (Å²) in [6.07, 6.45) is -14.3. The molecule has 11 bridgehead atoms. The van der Waals surface area contributed by atoms with E-state index in [4.69, 9.17) is 69.0 Å². The number of carboxylic acid groups (broad SMARTS) is 1. The Morgan fingerprint density at radius 2 is 1.44 bits per heavy atom. The summed E-state index contributed by atoms with van der Waals surface area (Å²) < 4.78 is 40.0. The number of halogens is 3. The number of allylic oxidation sites excluding steroid dienone is 9. The second-order valence-electron chi connectivity index (χ2n) is 30.9.